The molecule has 136 valence electrons. The van der Waals surface area contributed by atoms with E-state index in [4.69, 9.17) is 0 Å². The number of non-ortho nitro benzene ring substituents is 1. The number of rotatable bonds is 6. The van der Waals surface area contributed by atoms with Crippen molar-refractivity contribution in [2.75, 3.05) is 0 Å². The van der Waals surface area contributed by atoms with Gasteiger partial charge in [0.2, 0.25) is 15.9 Å². The van der Waals surface area contributed by atoms with Gasteiger partial charge in [0.25, 0.3) is 5.69 Å². The van der Waals surface area contributed by atoms with Gasteiger partial charge in [-0.2, -0.15) is 0 Å². The zero-order chi connectivity index (χ0) is 18.9. The first-order chi connectivity index (χ1) is 12.3. The van der Waals surface area contributed by atoms with Gasteiger partial charge >= 0.3 is 0 Å². The molecular weight excluding hydrogens is 363 g/mol. The predicted molar refractivity (Wildman–Crippen MR) is 91.1 cm³/mol. The van der Waals surface area contributed by atoms with Crippen LogP contribution in [-0.4, -0.2) is 19.2 Å². The zero-order valence-corrected chi connectivity index (χ0v) is 14.3. The van der Waals surface area contributed by atoms with Crippen molar-refractivity contribution in [3.63, 3.8) is 0 Å². The fourth-order valence-electron chi connectivity index (χ4n) is 2.80. The molecule has 1 N–H and O–H groups in total. The molecule has 0 saturated heterocycles. The molecule has 1 amide bonds. The molecule has 1 aliphatic carbocycles. The van der Waals surface area contributed by atoms with Crippen LogP contribution < -0.4 is 4.72 Å². The Hall–Kier alpha value is -2.81. The van der Waals surface area contributed by atoms with E-state index in [1.807, 2.05) is 4.72 Å². The minimum atomic E-state index is -3.95. The molecule has 0 radical (unpaired) electrons. The maximum atomic E-state index is 13.7. The Morgan fingerprint density at radius 2 is 1.85 bits per heavy atom. The van der Waals surface area contributed by atoms with Gasteiger partial charge in [0.15, 0.2) is 0 Å². The van der Waals surface area contributed by atoms with Crippen LogP contribution in [0.15, 0.2) is 48.5 Å². The molecule has 1 aliphatic rings. The predicted octanol–water partition coefficient (Wildman–Crippen LogP) is 2.48. The summed E-state index contributed by atoms with van der Waals surface area (Å²) in [6.07, 6.45) is 0.389. The number of nitro groups is 1. The van der Waals surface area contributed by atoms with Crippen LogP contribution in [0.3, 0.4) is 0 Å². The summed E-state index contributed by atoms with van der Waals surface area (Å²) >= 11 is 0. The topological polar surface area (TPSA) is 106 Å². The van der Waals surface area contributed by atoms with Crippen LogP contribution in [0.5, 0.6) is 0 Å². The third-order valence-corrected chi connectivity index (χ3v) is 5.42. The maximum Gasteiger partial charge on any atom is 0.269 e. The molecule has 2 unspecified atom stereocenters. The molecule has 2 aromatic carbocycles. The molecule has 0 aromatic heterocycles. The highest BCUT2D eigenvalue weighted by Crippen LogP contribution is 2.48. The van der Waals surface area contributed by atoms with E-state index in [1.54, 1.807) is 18.2 Å². The quantitative estimate of drug-likeness (QED) is 0.614. The molecular formula is C17H15FN2O5S. The lowest BCUT2D eigenvalue weighted by Gasteiger charge is -2.07. The Kier molecular flexibility index (Phi) is 4.73. The number of carbonyl (C=O) groups is 1. The third kappa shape index (κ3) is 4.05. The number of hydrogen-bond acceptors (Lipinski definition) is 5. The van der Waals surface area contributed by atoms with Crippen molar-refractivity contribution < 1.29 is 22.5 Å². The monoisotopic (exact) mass is 378 g/mol. The van der Waals surface area contributed by atoms with Crippen molar-refractivity contribution in [2.24, 2.45) is 5.92 Å². The number of hydrogen-bond donors (Lipinski definition) is 1. The van der Waals surface area contributed by atoms with Crippen LogP contribution >= 0.6 is 0 Å². The molecule has 3 rings (SSSR count). The van der Waals surface area contributed by atoms with Crippen LogP contribution in [0, 0.1) is 21.8 Å². The molecule has 2 aromatic rings. The second kappa shape index (κ2) is 6.83. The van der Waals surface area contributed by atoms with E-state index in [-0.39, 0.29) is 11.6 Å². The highest BCUT2D eigenvalue weighted by atomic mass is 32.2. The maximum absolute atomic E-state index is 13.7. The molecule has 9 heteroatoms. The first-order valence-corrected chi connectivity index (χ1v) is 9.44. The number of nitrogens with zero attached hydrogens (tertiary/aromatic N) is 1. The first-order valence-electron chi connectivity index (χ1n) is 7.79. The average Bonchev–Trinajstić information content (AvgIpc) is 3.35. The van der Waals surface area contributed by atoms with Crippen molar-refractivity contribution in [1.29, 1.82) is 0 Å². The summed E-state index contributed by atoms with van der Waals surface area (Å²) in [5.74, 6) is -2.47. The van der Waals surface area contributed by atoms with E-state index in [2.05, 4.69) is 0 Å². The van der Waals surface area contributed by atoms with E-state index in [0.717, 1.165) is 0 Å². The van der Waals surface area contributed by atoms with Gasteiger partial charge in [0, 0.05) is 18.1 Å². The molecule has 0 spiro atoms. The van der Waals surface area contributed by atoms with Gasteiger partial charge in [-0.15, -0.1) is 0 Å². The van der Waals surface area contributed by atoms with E-state index < -0.39 is 38.3 Å². The van der Waals surface area contributed by atoms with E-state index >= 15 is 0 Å². The lowest BCUT2D eigenvalue weighted by Crippen LogP contribution is -2.33. The number of nitro benzene ring substituents is 1. The number of sulfonamides is 1. The lowest BCUT2D eigenvalue weighted by atomic mass is 10.1. The summed E-state index contributed by atoms with van der Waals surface area (Å²) in [6.45, 7) is 0. The molecule has 26 heavy (non-hydrogen) atoms. The standard InChI is InChI=1S/C17H15FN2O5S/c18-16-4-2-1-3-13(16)14-9-15(14)17(21)19-26(24,25)10-11-5-7-12(8-6-11)20(22)23/h1-8,14-15H,9-10H2,(H,19,21). The van der Waals surface area contributed by atoms with Crippen LogP contribution in [0.2, 0.25) is 0 Å². The van der Waals surface area contributed by atoms with Crippen molar-refractivity contribution in [3.05, 3.63) is 75.6 Å². The Morgan fingerprint density at radius 1 is 1.19 bits per heavy atom. The van der Waals surface area contributed by atoms with Crippen molar-refractivity contribution in [3.8, 4) is 0 Å². The fraction of sp³-hybridized carbons (Fsp3) is 0.235. The number of nitrogens with one attached hydrogen (secondary N) is 1. The van der Waals surface area contributed by atoms with Crippen LogP contribution in [0.1, 0.15) is 23.5 Å². The summed E-state index contributed by atoms with van der Waals surface area (Å²) in [4.78, 5) is 22.2. The number of halogens is 1. The number of carbonyl (C=O) groups excluding carboxylic acids is 1. The first kappa shape index (κ1) is 18.0. The SMILES string of the molecule is O=C(NS(=O)(=O)Cc1ccc([N+](=O)[O-])cc1)C1CC1c1ccccc1F. The highest BCUT2D eigenvalue weighted by Gasteiger charge is 2.46. The molecule has 0 heterocycles. The second-order valence-electron chi connectivity index (χ2n) is 6.12. The highest BCUT2D eigenvalue weighted by molar-refractivity contribution is 7.89. The van der Waals surface area contributed by atoms with Crippen molar-refractivity contribution in [2.45, 2.75) is 18.1 Å². The Labute approximate surface area is 149 Å². The average molecular weight is 378 g/mol. The minimum Gasteiger partial charge on any atom is -0.274 e. The van der Waals surface area contributed by atoms with Gasteiger partial charge in [-0.05, 0) is 29.5 Å². The van der Waals surface area contributed by atoms with Gasteiger partial charge in [-0.25, -0.2) is 12.8 Å². The van der Waals surface area contributed by atoms with E-state index in [9.17, 15) is 27.7 Å². The molecule has 1 fully saturated rings. The summed E-state index contributed by atoms with van der Waals surface area (Å²) < 4.78 is 40.0. The minimum absolute atomic E-state index is 0.152. The zero-order valence-electron chi connectivity index (χ0n) is 13.5. The summed E-state index contributed by atoms with van der Waals surface area (Å²) in [5, 5.41) is 10.6. The van der Waals surface area contributed by atoms with E-state index in [1.165, 1.54) is 30.3 Å². The van der Waals surface area contributed by atoms with Crippen LogP contribution in [0.4, 0.5) is 10.1 Å². The van der Waals surface area contributed by atoms with Gasteiger partial charge in [0.05, 0.1) is 10.7 Å². The van der Waals surface area contributed by atoms with Crippen LogP contribution in [0.25, 0.3) is 0 Å². The third-order valence-electron chi connectivity index (χ3n) is 4.19. The molecule has 0 aliphatic heterocycles. The Morgan fingerprint density at radius 3 is 2.46 bits per heavy atom. The fourth-order valence-corrected chi connectivity index (χ4v) is 3.96. The van der Waals surface area contributed by atoms with Crippen molar-refractivity contribution >= 4 is 21.6 Å². The normalized spacial score (nSPS) is 19.0. The van der Waals surface area contributed by atoms with E-state index in [0.29, 0.717) is 17.5 Å². The number of amides is 1. The smallest absolute Gasteiger partial charge is 0.269 e. The summed E-state index contributed by atoms with van der Waals surface area (Å²) in [5.41, 5.74) is 0.568. The van der Waals surface area contributed by atoms with Gasteiger partial charge in [0.1, 0.15) is 5.82 Å². The molecule has 0 bridgehead atoms. The van der Waals surface area contributed by atoms with Gasteiger partial charge in [-0.1, -0.05) is 30.3 Å². The van der Waals surface area contributed by atoms with Crippen molar-refractivity contribution in [1.82, 2.24) is 4.72 Å². The van der Waals surface area contributed by atoms with Gasteiger partial charge < -0.3 is 0 Å². The largest absolute Gasteiger partial charge is 0.274 e. The molecule has 2 atom stereocenters. The summed E-state index contributed by atoms with van der Waals surface area (Å²) in [6, 6.07) is 11.1. The van der Waals surface area contributed by atoms with Crippen LogP contribution in [-0.2, 0) is 20.6 Å². The van der Waals surface area contributed by atoms with Gasteiger partial charge in [-0.3, -0.25) is 19.6 Å². The lowest BCUT2D eigenvalue weighted by molar-refractivity contribution is -0.384. The Balaban J connectivity index is 1.62. The summed E-state index contributed by atoms with van der Waals surface area (Å²) in [7, 11) is -3.95. The second-order valence-corrected chi connectivity index (χ2v) is 7.84. The molecule has 7 nitrogen and oxygen atoms in total. The Bertz CT molecular complexity index is 959. The number of benzene rings is 2. The molecule has 1 saturated carbocycles.